The molecule has 0 aliphatic heterocycles. The summed E-state index contributed by atoms with van der Waals surface area (Å²) in [5, 5.41) is 6.66. The largest absolute Gasteiger partial charge is 0.370 e. The Morgan fingerprint density at radius 3 is 2.56 bits per heavy atom. The molecule has 102 valence electrons. The van der Waals surface area contributed by atoms with Crippen LogP contribution in [0.4, 0.5) is 11.6 Å². The maximum absolute atomic E-state index is 5.59. The Labute approximate surface area is 110 Å². The molecule has 0 aliphatic rings. The van der Waals surface area contributed by atoms with Gasteiger partial charge in [-0.15, -0.1) is 0 Å². The van der Waals surface area contributed by atoms with Crippen molar-refractivity contribution in [3.05, 3.63) is 11.9 Å². The van der Waals surface area contributed by atoms with Crippen LogP contribution < -0.4 is 16.4 Å². The Morgan fingerprint density at radius 1 is 1.28 bits per heavy atom. The van der Waals surface area contributed by atoms with Crippen LogP contribution in [-0.4, -0.2) is 29.1 Å². The molecule has 0 aliphatic carbocycles. The summed E-state index contributed by atoms with van der Waals surface area (Å²) in [6.45, 7) is 9.80. The van der Waals surface area contributed by atoms with Crippen molar-refractivity contribution in [3.8, 4) is 0 Å². The molecule has 2 atom stereocenters. The quantitative estimate of drug-likeness (QED) is 0.691. The molecule has 2 unspecified atom stereocenters. The summed E-state index contributed by atoms with van der Waals surface area (Å²) >= 11 is 0. The minimum absolute atomic E-state index is 0.412. The van der Waals surface area contributed by atoms with Crippen molar-refractivity contribution >= 4 is 11.6 Å². The Balaban J connectivity index is 2.68. The van der Waals surface area contributed by atoms with Crippen molar-refractivity contribution in [1.82, 2.24) is 9.97 Å². The first kappa shape index (κ1) is 14.7. The number of aromatic nitrogens is 2. The molecule has 0 aromatic carbocycles. The van der Waals surface area contributed by atoms with Crippen LogP contribution in [0.25, 0.3) is 0 Å². The Hall–Kier alpha value is -1.36. The predicted octanol–water partition coefficient (Wildman–Crippen LogP) is 2.00. The molecule has 5 heteroatoms. The lowest BCUT2D eigenvalue weighted by Crippen LogP contribution is -2.21. The molecular formula is C13H25N5. The van der Waals surface area contributed by atoms with Crippen molar-refractivity contribution in [2.75, 3.05) is 23.7 Å². The zero-order valence-corrected chi connectivity index (χ0v) is 11.8. The number of aryl methyl sites for hydroxylation is 1. The molecule has 4 N–H and O–H groups in total. The fourth-order valence-corrected chi connectivity index (χ4v) is 1.45. The summed E-state index contributed by atoms with van der Waals surface area (Å²) in [6, 6.07) is 2.36. The number of hydrogen-bond acceptors (Lipinski definition) is 5. The van der Waals surface area contributed by atoms with Gasteiger partial charge in [-0.3, -0.25) is 0 Å². The molecule has 0 radical (unpaired) electrons. The van der Waals surface area contributed by atoms with Gasteiger partial charge in [0.05, 0.1) is 0 Å². The molecule has 0 saturated carbocycles. The Bertz CT molecular complexity index is 366. The number of nitrogens with two attached hydrogens (primary N) is 1. The van der Waals surface area contributed by atoms with Crippen LogP contribution >= 0.6 is 0 Å². The molecular weight excluding hydrogens is 226 g/mol. The van der Waals surface area contributed by atoms with Gasteiger partial charge in [-0.05, 0) is 32.7 Å². The van der Waals surface area contributed by atoms with Gasteiger partial charge in [0.15, 0.2) is 0 Å². The second-order valence-electron chi connectivity index (χ2n) is 4.86. The summed E-state index contributed by atoms with van der Waals surface area (Å²) in [5.74, 6) is 2.94. The van der Waals surface area contributed by atoms with Gasteiger partial charge in [0.2, 0.25) is 0 Å². The average Bonchev–Trinajstić information content (AvgIpc) is 2.35. The zero-order valence-electron chi connectivity index (χ0n) is 11.8. The number of nitrogens with zero attached hydrogens (tertiary/aromatic N) is 2. The second kappa shape index (κ2) is 7.16. The van der Waals surface area contributed by atoms with E-state index in [4.69, 9.17) is 5.73 Å². The highest BCUT2D eigenvalue weighted by atomic mass is 15.1. The molecule has 0 amide bonds. The van der Waals surface area contributed by atoms with Crippen LogP contribution in [0.15, 0.2) is 6.07 Å². The predicted molar refractivity (Wildman–Crippen MR) is 76.9 cm³/mol. The van der Waals surface area contributed by atoms with Crippen LogP contribution in [0.5, 0.6) is 0 Å². The van der Waals surface area contributed by atoms with E-state index in [0.717, 1.165) is 30.4 Å². The number of anilines is 2. The third kappa shape index (κ3) is 4.87. The molecule has 1 heterocycles. The third-order valence-corrected chi connectivity index (χ3v) is 2.88. The average molecular weight is 251 g/mol. The maximum Gasteiger partial charge on any atom is 0.132 e. The SMILES string of the molecule is CCC(C)Nc1cc(NCC(C)CN)nc(C)n1. The second-order valence-corrected chi connectivity index (χ2v) is 4.86. The van der Waals surface area contributed by atoms with Gasteiger partial charge in [-0.1, -0.05) is 13.8 Å². The van der Waals surface area contributed by atoms with Gasteiger partial charge in [-0.2, -0.15) is 0 Å². The highest BCUT2D eigenvalue weighted by molar-refractivity contribution is 5.47. The van der Waals surface area contributed by atoms with E-state index in [1.807, 2.05) is 13.0 Å². The fraction of sp³-hybridized carbons (Fsp3) is 0.692. The molecule has 5 nitrogen and oxygen atoms in total. The topological polar surface area (TPSA) is 75.9 Å². The van der Waals surface area contributed by atoms with Gasteiger partial charge < -0.3 is 16.4 Å². The lowest BCUT2D eigenvalue weighted by Gasteiger charge is -2.15. The Morgan fingerprint density at radius 2 is 1.94 bits per heavy atom. The summed E-state index contributed by atoms with van der Waals surface area (Å²) in [4.78, 5) is 8.75. The van der Waals surface area contributed by atoms with Gasteiger partial charge in [0.1, 0.15) is 17.5 Å². The number of nitrogens with one attached hydrogen (secondary N) is 2. The fourth-order valence-electron chi connectivity index (χ4n) is 1.45. The Kier molecular flexibility index (Phi) is 5.85. The van der Waals surface area contributed by atoms with E-state index in [9.17, 15) is 0 Å². The molecule has 18 heavy (non-hydrogen) atoms. The van der Waals surface area contributed by atoms with Crippen LogP contribution in [0.1, 0.15) is 33.0 Å². The summed E-state index contributed by atoms with van der Waals surface area (Å²) in [5.41, 5.74) is 5.59. The molecule has 1 aromatic heterocycles. The lowest BCUT2D eigenvalue weighted by molar-refractivity contribution is 0.626. The first-order chi connectivity index (χ1) is 8.55. The van der Waals surface area contributed by atoms with Crippen LogP contribution in [0, 0.1) is 12.8 Å². The molecule has 0 spiro atoms. The van der Waals surface area contributed by atoms with E-state index in [2.05, 4.69) is 41.4 Å². The van der Waals surface area contributed by atoms with E-state index >= 15 is 0 Å². The highest BCUT2D eigenvalue weighted by Crippen LogP contribution is 2.13. The van der Waals surface area contributed by atoms with E-state index in [1.165, 1.54) is 0 Å². The maximum atomic E-state index is 5.59. The van der Waals surface area contributed by atoms with Crippen LogP contribution in [0.2, 0.25) is 0 Å². The van der Waals surface area contributed by atoms with E-state index in [1.54, 1.807) is 0 Å². The monoisotopic (exact) mass is 251 g/mol. The van der Waals surface area contributed by atoms with Gasteiger partial charge >= 0.3 is 0 Å². The molecule has 0 saturated heterocycles. The van der Waals surface area contributed by atoms with Crippen LogP contribution in [-0.2, 0) is 0 Å². The molecule has 0 fully saturated rings. The van der Waals surface area contributed by atoms with E-state index in [0.29, 0.717) is 18.5 Å². The van der Waals surface area contributed by atoms with E-state index in [-0.39, 0.29) is 0 Å². The standard InChI is InChI=1S/C13H25N5/c1-5-10(3)16-13-6-12(17-11(4)18-13)15-8-9(2)7-14/h6,9-10H,5,7-8,14H2,1-4H3,(H2,15,16,17,18). The normalized spacial score (nSPS) is 14.1. The molecule has 1 rings (SSSR count). The van der Waals surface area contributed by atoms with Gasteiger partial charge in [0, 0.05) is 18.7 Å². The minimum Gasteiger partial charge on any atom is -0.370 e. The van der Waals surface area contributed by atoms with Crippen molar-refractivity contribution < 1.29 is 0 Å². The minimum atomic E-state index is 0.412. The van der Waals surface area contributed by atoms with Crippen molar-refractivity contribution in [2.45, 2.75) is 40.2 Å². The van der Waals surface area contributed by atoms with Crippen molar-refractivity contribution in [2.24, 2.45) is 11.7 Å². The van der Waals surface area contributed by atoms with Crippen LogP contribution in [0.3, 0.4) is 0 Å². The lowest BCUT2D eigenvalue weighted by atomic mass is 10.2. The first-order valence-electron chi connectivity index (χ1n) is 6.61. The van der Waals surface area contributed by atoms with Gasteiger partial charge in [0.25, 0.3) is 0 Å². The van der Waals surface area contributed by atoms with Crippen molar-refractivity contribution in [3.63, 3.8) is 0 Å². The van der Waals surface area contributed by atoms with Crippen molar-refractivity contribution in [1.29, 1.82) is 0 Å². The number of rotatable bonds is 7. The summed E-state index contributed by atoms with van der Waals surface area (Å²) < 4.78 is 0. The van der Waals surface area contributed by atoms with Gasteiger partial charge in [-0.25, -0.2) is 9.97 Å². The highest BCUT2D eigenvalue weighted by Gasteiger charge is 2.05. The number of hydrogen-bond donors (Lipinski definition) is 3. The molecule has 1 aromatic rings. The summed E-state index contributed by atoms with van der Waals surface area (Å²) in [7, 11) is 0. The summed E-state index contributed by atoms with van der Waals surface area (Å²) in [6.07, 6.45) is 1.07. The third-order valence-electron chi connectivity index (χ3n) is 2.88. The first-order valence-corrected chi connectivity index (χ1v) is 6.61. The zero-order chi connectivity index (χ0) is 13.5. The smallest absolute Gasteiger partial charge is 0.132 e. The molecule has 0 bridgehead atoms. The van der Waals surface area contributed by atoms with E-state index < -0.39 is 0 Å².